The number of hydrogen-bond donors (Lipinski definition) is 2. The van der Waals surface area contributed by atoms with Gasteiger partial charge in [0, 0.05) is 37.3 Å². The number of aryl methyl sites for hydroxylation is 2. The van der Waals surface area contributed by atoms with Gasteiger partial charge < -0.3 is 19.9 Å². The molecule has 0 atom stereocenters. The normalized spacial score (nSPS) is 11.5. The van der Waals surface area contributed by atoms with Gasteiger partial charge in [-0.05, 0) is 31.9 Å². The topological polar surface area (TPSA) is 84.6 Å². The SMILES string of the molecule is CCNC(=NCc1ccnc(OCC)c1)NCc1c(CC)noc1CC. The van der Waals surface area contributed by atoms with Crippen molar-refractivity contribution in [1.29, 1.82) is 0 Å². The number of aliphatic imine (C=N–C) groups is 1. The minimum atomic E-state index is 0.544. The van der Waals surface area contributed by atoms with Crippen LogP contribution < -0.4 is 15.4 Å². The van der Waals surface area contributed by atoms with E-state index in [9.17, 15) is 0 Å². The van der Waals surface area contributed by atoms with Gasteiger partial charge in [-0.2, -0.15) is 0 Å². The molecule has 0 saturated carbocycles. The van der Waals surface area contributed by atoms with Crippen molar-refractivity contribution in [1.82, 2.24) is 20.8 Å². The molecule has 0 aliphatic rings. The van der Waals surface area contributed by atoms with Crippen LogP contribution in [0, 0.1) is 0 Å². The monoisotopic (exact) mass is 359 g/mol. The summed E-state index contributed by atoms with van der Waals surface area (Å²) in [5.74, 6) is 2.32. The summed E-state index contributed by atoms with van der Waals surface area (Å²) in [6.45, 7) is 10.7. The highest BCUT2D eigenvalue weighted by atomic mass is 16.5. The zero-order chi connectivity index (χ0) is 18.8. The Labute approximate surface area is 155 Å². The summed E-state index contributed by atoms with van der Waals surface area (Å²) < 4.78 is 10.9. The minimum Gasteiger partial charge on any atom is -0.478 e. The predicted molar refractivity (Wildman–Crippen MR) is 102 cm³/mol. The first-order chi connectivity index (χ1) is 12.7. The summed E-state index contributed by atoms with van der Waals surface area (Å²) in [5.41, 5.74) is 3.18. The van der Waals surface area contributed by atoms with E-state index in [1.807, 2.05) is 26.0 Å². The van der Waals surface area contributed by atoms with Crippen LogP contribution in [0.2, 0.25) is 0 Å². The molecule has 2 aromatic heterocycles. The van der Waals surface area contributed by atoms with Crippen LogP contribution in [0.4, 0.5) is 0 Å². The van der Waals surface area contributed by atoms with Crippen LogP contribution in [-0.4, -0.2) is 29.3 Å². The lowest BCUT2D eigenvalue weighted by Gasteiger charge is -2.12. The molecule has 2 heterocycles. The fourth-order valence-corrected chi connectivity index (χ4v) is 2.60. The van der Waals surface area contributed by atoms with Gasteiger partial charge in [-0.1, -0.05) is 19.0 Å². The van der Waals surface area contributed by atoms with Gasteiger partial charge in [0.2, 0.25) is 5.88 Å². The Morgan fingerprint density at radius 3 is 2.73 bits per heavy atom. The molecule has 0 amide bonds. The number of ether oxygens (including phenoxy) is 1. The van der Waals surface area contributed by atoms with Gasteiger partial charge in [0.1, 0.15) is 5.76 Å². The van der Waals surface area contributed by atoms with Crippen LogP contribution in [0.1, 0.15) is 50.3 Å². The standard InChI is InChI=1S/C19H29N5O2/c1-5-16-15(17(6-2)26-24-16)13-23-19(20-7-3)22-12-14-9-10-21-18(11-14)25-8-4/h9-11H,5-8,12-13H2,1-4H3,(H2,20,22,23). The van der Waals surface area contributed by atoms with E-state index in [0.717, 1.165) is 47.9 Å². The summed E-state index contributed by atoms with van der Waals surface area (Å²) in [5, 5.41) is 10.8. The maximum Gasteiger partial charge on any atom is 0.213 e. The first kappa shape index (κ1) is 19.8. The average Bonchev–Trinajstić information content (AvgIpc) is 3.06. The van der Waals surface area contributed by atoms with Gasteiger partial charge in [-0.25, -0.2) is 9.98 Å². The number of aromatic nitrogens is 2. The van der Waals surface area contributed by atoms with Crippen LogP contribution in [0.15, 0.2) is 27.8 Å². The molecule has 0 aromatic carbocycles. The summed E-state index contributed by atoms with van der Waals surface area (Å²) >= 11 is 0. The van der Waals surface area contributed by atoms with E-state index in [2.05, 4.69) is 39.6 Å². The number of pyridine rings is 1. The summed E-state index contributed by atoms with van der Waals surface area (Å²) in [6, 6.07) is 3.86. The highest BCUT2D eigenvalue weighted by Gasteiger charge is 2.13. The Morgan fingerprint density at radius 1 is 1.19 bits per heavy atom. The molecule has 2 aromatic rings. The second-order valence-electron chi connectivity index (χ2n) is 5.72. The van der Waals surface area contributed by atoms with E-state index in [0.29, 0.717) is 25.6 Å². The number of guanidine groups is 1. The van der Waals surface area contributed by atoms with Crippen LogP contribution in [-0.2, 0) is 25.9 Å². The fourth-order valence-electron chi connectivity index (χ4n) is 2.60. The maximum atomic E-state index is 5.44. The highest BCUT2D eigenvalue weighted by molar-refractivity contribution is 5.79. The zero-order valence-corrected chi connectivity index (χ0v) is 16.1. The van der Waals surface area contributed by atoms with Crippen molar-refractivity contribution in [3.63, 3.8) is 0 Å². The first-order valence-corrected chi connectivity index (χ1v) is 9.27. The molecular weight excluding hydrogens is 330 g/mol. The molecule has 26 heavy (non-hydrogen) atoms. The third-order valence-corrected chi connectivity index (χ3v) is 3.90. The van der Waals surface area contributed by atoms with Gasteiger partial charge in [-0.3, -0.25) is 0 Å². The molecule has 2 N–H and O–H groups in total. The molecule has 0 saturated heterocycles. The lowest BCUT2D eigenvalue weighted by Crippen LogP contribution is -2.37. The van der Waals surface area contributed by atoms with Gasteiger partial charge in [-0.15, -0.1) is 0 Å². The Balaban J connectivity index is 2.05. The molecule has 0 aliphatic carbocycles. The van der Waals surface area contributed by atoms with Crippen LogP contribution >= 0.6 is 0 Å². The van der Waals surface area contributed by atoms with Gasteiger partial charge in [0.15, 0.2) is 5.96 Å². The smallest absolute Gasteiger partial charge is 0.213 e. The van der Waals surface area contributed by atoms with Crippen molar-refractivity contribution >= 4 is 5.96 Å². The molecule has 2 rings (SSSR count). The number of nitrogens with one attached hydrogen (secondary N) is 2. The largest absolute Gasteiger partial charge is 0.478 e. The van der Waals surface area contributed by atoms with Gasteiger partial charge in [0.05, 0.1) is 18.8 Å². The molecule has 7 heteroatoms. The Hall–Kier alpha value is -2.57. The lowest BCUT2D eigenvalue weighted by atomic mass is 10.1. The zero-order valence-electron chi connectivity index (χ0n) is 16.1. The van der Waals surface area contributed by atoms with Crippen molar-refractivity contribution in [2.45, 2.75) is 53.6 Å². The molecule has 7 nitrogen and oxygen atoms in total. The lowest BCUT2D eigenvalue weighted by molar-refractivity contribution is 0.326. The van der Waals surface area contributed by atoms with Crippen LogP contribution in [0.25, 0.3) is 0 Å². The molecule has 0 aliphatic heterocycles. The highest BCUT2D eigenvalue weighted by Crippen LogP contribution is 2.15. The Morgan fingerprint density at radius 2 is 2.04 bits per heavy atom. The number of rotatable bonds is 9. The van der Waals surface area contributed by atoms with Crippen molar-refractivity contribution in [3.8, 4) is 5.88 Å². The third-order valence-electron chi connectivity index (χ3n) is 3.90. The van der Waals surface area contributed by atoms with E-state index < -0.39 is 0 Å². The third kappa shape index (κ3) is 5.47. The van der Waals surface area contributed by atoms with E-state index in [1.165, 1.54) is 0 Å². The minimum absolute atomic E-state index is 0.544. The van der Waals surface area contributed by atoms with Crippen LogP contribution in [0.5, 0.6) is 5.88 Å². The Kier molecular flexibility index (Phi) is 7.92. The molecule has 0 fully saturated rings. The van der Waals surface area contributed by atoms with E-state index in [1.54, 1.807) is 6.20 Å². The summed E-state index contributed by atoms with van der Waals surface area (Å²) in [4.78, 5) is 8.84. The number of hydrogen-bond acceptors (Lipinski definition) is 5. The number of nitrogens with zero attached hydrogens (tertiary/aromatic N) is 3. The van der Waals surface area contributed by atoms with E-state index >= 15 is 0 Å². The second-order valence-corrected chi connectivity index (χ2v) is 5.72. The summed E-state index contributed by atoms with van der Waals surface area (Å²) in [6.07, 6.45) is 3.43. The quantitative estimate of drug-likeness (QED) is 0.529. The van der Waals surface area contributed by atoms with Crippen molar-refractivity contribution in [3.05, 3.63) is 40.9 Å². The van der Waals surface area contributed by atoms with Crippen molar-refractivity contribution in [2.75, 3.05) is 13.2 Å². The molecule has 0 unspecified atom stereocenters. The second kappa shape index (κ2) is 10.4. The van der Waals surface area contributed by atoms with Gasteiger partial charge >= 0.3 is 0 Å². The predicted octanol–water partition coefficient (Wildman–Crippen LogP) is 2.85. The van der Waals surface area contributed by atoms with Crippen molar-refractivity contribution in [2.24, 2.45) is 4.99 Å². The summed E-state index contributed by atoms with van der Waals surface area (Å²) in [7, 11) is 0. The van der Waals surface area contributed by atoms with Crippen molar-refractivity contribution < 1.29 is 9.26 Å². The maximum absolute atomic E-state index is 5.44. The molecular formula is C19H29N5O2. The van der Waals surface area contributed by atoms with Crippen LogP contribution in [0.3, 0.4) is 0 Å². The fraction of sp³-hybridized carbons (Fsp3) is 0.526. The Bertz CT molecular complexity index is 690. The van der Waals surface area contributed by atoms with E-state index in [-0.39, 0.29) is 0 Å². The van der Waals surface area contributed by atoms with E-state index in [4.69, 9.17) is 9.26 Å². The molecule has 0 bridgehead atoms. The molecule has 0 spiro atoms. The molecule has 0 radical (unpaired) electrons. The average molecular weight is 359 g/mol. The van der Waals surface area contributed by atoms with Gasteiger partial charge in [0.25, 0.3) is 0 Å². The first-order valence-electron chi connectivity index (χ1n) is 9.27. The molecule has 142 valence electrons.